The number of aromatic nitrogens is 1. The Kier molecular flexibility index (Phi) is 5.61. The molecule has 0 aliphatic carbocycles. The Morgan fingerprint density at radius 1 is 0.545 bits per heavy atom. The van der Waals surface area contributed by atoms with Crippen LogP contribution in [-0.2, 0) is 5.41 Å². The molecule has 55 heavy (non-hydrogen) atoms. The topological polar surface area (TPSA) is 21.3 Å². The lowest BCUT2D eigenvalue weighted by molar-refractivity contribution is 0.590. The van der Waals surface area contributed by atoms with Crippen LogP contribution < -0.4 is 15.7 Å². The standard InChI is InChI=1S/C50H33BN2OS/c1-50(2,3)30-16-18-31(19-17-30)53-42-23-29-11-5-4-10-28(29)22-36(42)34-20-21-35-37-26-47-39(33-13-7-9-15-46(33)55-47)25-41(37)52-43-24-38-32-12-6-8-14-44(32)54-45(38)27-40(43)51(53)48(34)49(35)52/h4-27H,1-3H3. The molecule has 2 aliphatic heterocycles. The summed E-state index contributed by atoms with van der Waals surface area (Å²) in [4.78, 5) is 2.62. The molecule has 2 aliphatic rings. The lowest BCUT2D eigenvalue weighted by Gasteiger charge is -2.42. The number of anilines is 2. The molecule has 0 atom stereocenters. The molecule has 8 aromatic carbocycles. The number of furan rings is 1. The van der Waals surface area contributed by atoms with Gasteiger partial charge in [0, 0.05) is 64.3 Å². The van der Waals surface area contributed by atoms with Crippen molar-refractivity contribution in [2.45, 2.75) is 26.2 Å². The van der Waals surface area contributed by atoms with Crippen LogP contribution >= 0.6 is 11.3 Å². The van der Waals surface area contributed by atoms with Crippen LogP contribution in [0.15, 0.2) is 150 Å². The zero-order valence-electron chi connectivity index (χ0n) is 30.6. The van der Waals surface area contributed by atoms with Crippen LogP contribution in [0.25, 0.3) is 91.5 Å². The van der Waals surface area contributed by atoms with Crippen molar-refractivity contribution < 1.29 is 4.42 Å². The minimum atomic E-state index is -0.0841. The average molecular weight is 721 g/mol. The Bertz CT molecular complexity index is 3490. The van der Waals surface area contributed by atoms with Gasteiger partial charge in [-0.05, 0) is 98.9 Å². The Morgan fingerprint density at radius 3 is 2.15 bits per heavy atom. The van der Waals surface area contributed by atoms with Crippen molar-refractivity contribution in [3.05, 3.63) is 151 Å². The molecule has 5 heterocycles. The Morgan fingerprint density at radius 2 is 1.31 bits per heavy atom. The van der Waals surface area contributed by atoms with Crippen LogP contribution in [0.2, 0.25) is 0 Å². The molecule has 13 rings (SSSR count). The molecule has 0 amide bonds. The van der Waals surface area contributed by atoms with Gasteiger partial charge in [0.05, 0.1) is 11.0 Å². The number of hydrogen-bond acceptors (Lipinski definition) is 3. The maximum atomic E-state index is 6.68. The quantitative estimate of drug-likeness (QED) is 0.158. The molecule has 258 valence electrons. The number of nitrogens with zero attached hydrogens (tertiary/aromatic N) is 2. The molecule has 0 N–H and O–H groups in total. The predicted octanol–water partition coefficient (Wildman–Crippen LogP) is 12.7. The smallest absolute Gasteiger partial charge is 0.333 e. The molecule has 11 aromatic rings. The number of thiophene rings is 1. The van der Waals surface area contributed by atoms with Gasteiger partial charge in [0.15, 0.2) is 0 Å². The van der Waals surface area contributed by atoms with Crippen LogP contribution in [0, 0.1) is 0 Å². The molecule has 0 saturated heterocycles. The predicted molar refractivity (Wildman–Crippen MR) is 236 cm³/mol. The Labute approximate surface area is 321 Å². The molecule has 0 bridgehead atoms. The third-order valence-corrected chi connectivity index (χ3v) is 13.6. The van der Waals surface area contributed by atoms with Crippen molar-refractivity contribution in [3.8, 4) is 16.8 Å². The largest absolute Gasteiger partial charge is 0.456 e. The van der Waals surface area contributed by atoms with Crippen LogP contribution in [0.5, 0.6) is 0 Å². The van der Waals surface area contributed by atoms with E-state index in [2.05, 4.69) is 176 Å². The summed E-state index contributed by atoms with van der Waals surface area (Å²) in [5, 5.41) is 10.0. The van der Waals surface area contributed by atoms with E-state index in [1.807, 2.05) is 11.3 Å². The second-order valence-electron chi connectivity index (χ2n) is 16.5. The van der Waals surface area contributed by atoms with Crippen molar-refractivity contribution >= 4 is 115 Å². The summed E-state index contributed by atoms with van der Waals surface area (Å²) < 4.78 is 11.9. The van der Waals surface area contributed by atoms with Gasteiger partial charge < -0.3 is 13.8 Å². The van der Waals surface area contributed by atoms with E-state index in [1.165, 1.54) is 97.4 Å². The van der Waals surface area contributed by atoms with E-state index in [-0.39, 0.29) is 12.3 Å². The summed E-state index contributed by atoms with van der Waals surface area (Å²) in [6.45, 7) is 6.79. The molecule has 0 saturated carbocycles. The van der Waals surface area contributed by atoms with E-state index >= 15 is 0 Å². The maximum absolute atomic E-state index is 6.68. The van der Waals surface area contributed by atoms with Gasteiger partial charge in [-0.15, -0.1) is 11.3 Å². The SMILES string of the molecule is CC(C)(C)c1ccc(N2B3c4cc5oc6ccccc6c5cc4-n4c5cc6c(cc5c5ccc(c3c54)-c3cc4ccccc4cc32)sc2ccccc26)cc1. The Hall–Kier alpha value is -6.30. The zero-order chi connectivity index (χ0) is 36.3. The number of hydrogen-bond donors (Lipinski definition) is 0. The first-order valence-corrected chi connectivity index (χ1v) is 20.0. The maximum Gasteiger partial charge on any atom is 0.333 e. The highest BCUT2D eigenvalue weighted by Gasteiger charge is 2.44. The summed E-state index contributed by atoms with van der Waals surface area (Å²) in [5.74, 6) is 0. The van der Waals surface area contributed by atoms with Crippen molar-refractivity contribution in [2.24, 2.45) is 0 Å². The molecular formula is C50H33BN2OS. The molecular weight excluding hydrogens is 687 g/mol. The molecule has 0 unspecified atom stereocenters. The number of rotatable bonds is 1. The average Bonchev–Trinajstić information content (AvgIpc) is 3.86. The fourth-order valence-corrected chi connectivity index (χ4v) is 11.0. The lowest BCUT2D eigenvalue weighted by atomic mass is 9.44. The summed E-state index contributed by atoms with van der Waals surface area (Å²) in [6, 6.07) is 54.8. The van der Waals surface area contributed by atoms with Crippen molar-refractivity contribution in [1.29, 1.82) is 0 Å². The van der Waals surface area contributed by atoms with Gasteiger partial charge in [0.2, 0.25) is 0 Å². The minimum absolute atomic E-state index is 0.0532. The van der Waals surface area contributed by atoms with Gasteiger partial charge in [-0.2, -0.15) is 0 Å². The monoisotopic (exact) mass is 720 g/mol. The molecule has 3 aromatic heterocycles. The first-order valence-electron chi connectivity index (χ1n) is 19.2. The van der Waals surface area contributed by atoms with Gasteiger partial charge in [0.1, 0.15) is 11.2 Å². The fourth-order valence-electron chi connectivity index (χ4n) is 9.91. The van der Waals surface area contributed by atoms with Crippen LogP contribution in [0.3, 0.4) is 0 Å². The minimum Gasteiger partial charge on any atom is -0.456 e. The van der Waals surface area contributed by atoms with Gasteiger partial charge in [-0.1, -0.05) is 106 Å². The van der Waals surface area contributed by atoms with E-state index in [1.54, 1.807) is 0 Å². The van der Waals surface area contributed by atoms with Crippen LogP contribution in [-0.4, -0.2) is 11.4 Å². The van der Waals surface area contributed by atoms with E-state index in [0.29, 0.717) is 0 Å². The van der Waals surface area contributed by atoms with E-state index in [0.717, 1.165) is 21.9 Å². The fraction of sp³-hybridized carbons (Fsp3) is 0.0800. The second-order valence-corrected chi connectivity index (χ2v) is 17.6. The molecule has 0 spiro atoms. The first-order chi connectivity index (χ1) is 26.9. The molecule has 3 nitrogen and oxygen atoms in total. The molecule has 0 fully saturated rings. The highest BCUT2D eigenvalue weighted by Crippen LogP contribution is 2.48. The van der Waals surface area contributed by atoms with E-state index < -0.39 is 0 Å². The first kappa shape index (κ1) is 30.1. The number of para-hydroxylation sites is 1. The molecule has 5 heteroatoms. The third-order valence-electron chi connectivity index (χ3n) is 12.5. The highest BCUT2D eigenvalue weighted by molar-refractivity contribution is 7.25. The van der Waals surface area contributed by atoms with Crippen molar-refractivity contribution in [3.63, 3.8) is 0 Å². The second kappa shape index (κ2) is 10.3. The van der Waals surface area contributed by atoms with E-state index in [4.69, 9.17) is 4.42 Å². The van der Waals surface area contributed by atoms with Crippen LogP contribution in [0.1, 0.15) is 26.3 Å². The van der Waals surface area contributed by atoms with Gasteiger partial charge in [0.25, 0.3) is 0 Å². The van der Waals surface area contributed by atoms with Crippen molar-refractivity contribution in [2.75, 3.05) is 4.81 Å². The lowest BCUT2D eigenvalue weighted by Crippen LogP contribution is -2.60. The van der Waals surface area contributed by atoms with Gasteiger partial charge >= 0.3 is 6.85 Å². The summed E-state index contributed by atoms with van der Waals surface area (Å²) in [6.07, 6.45) is 0. The zero-order valence-corrected chi connectivity index (χ0v) is 31.5. The Balaban J connectivity index is 1.22. The highest BCUT2D eigenvalue weighted by atomic mass is 32.1. The third kappa shape index (κ3) is 3.91. The van der Waals surface area contributed by atoms with E-state index in [9.17, 15) is 0 Å². The summed E-state index contributed by atoms with van der Waals surface area (Å²) in [7, 11) is 0. The normalized spacial score (nSPS) is 13.7. The van der Waals surface area contributed by atoms with Gasteiger partial charge in [-0.25, -0.2) is 0 Å². The number of fused-ring (bicyclic) bond motifs is 15. The number of benzene rings is 8. The summed E-state index contributed by atoms with van der Waals surface area (Å²) >= 11 is 1.89. The van der Waals surface area contributed by atoms with Crippen molar-refractivity contribution in [1.82, 2.24) is 4.57 Å². The van der Waals surface area contributed by atoms with Gasteiger partial charge in [-0.3, -0.25) is 0 Å². The summed E-state index contributed by atoms with van der Waals surface area (Å²) in [5.41, 5.74) is 14.6. The molecule has 0 radical (unpaired) electrons. The van der Waals surface area contributed by atoms with Crippen LogP contribution in [0.4, 0.5) is 11.4 Å².